The van der Waals surface area contributed by atoms with Gasteiger partial charge in [0.15, 0.2) is 12.2 Å². The highest BCUT2D eigenvalue weighted by Crippen LogP contribution is 2.11. The molecule has 0 aliphatic rings. The Morgan fingerprint density at radius 2 is 1.20 bits per heavy atom. The van der Waals surface area contributed by atoms with Crippen LogP contribution in [0.2, 0.25) is 0 Å². The summed E-state index contributed by atoms with van der Waals surface area (Å²) in [7, 11) is 3.49. The van der Waals surface area contributed by atoms with E-state index in [1.165, 1.54) is 7.11 Å². The molecular weight excluding hydrogens is 208 g/mol. The van der Waals surface area contributed by atoms with Crippen LogP contribution in [-0.2, 0) is 23.8 Å². The van der Waals surface area contributed by atoms with Crippen molar-refractivity contribution in [3.8, 4) is 0 Å². The first-order chi connectivity index (χ1) is 6.99. The lowest BCUT2D eigenvalue weighted by molar-refractivity contribution is -0.176. The molecule has 0 saturated heterocycles. The predicted molar refractivity (Wildman–Crippen MR) is 47.7 cm³/mol. The van der Waals surface area contributed by atoms with Crippen LogP contribution in [0, 0.1) is 0 Å². The number of carboxylic acids is 2. The molecule has 0 aliphatic heterocycles. The standard InChI is InChI=1S/C8H14O7/c1-13-4(5(14-2)7(9)10)6(15-3)8(11)12/h4-6H,1-3H3,(H,9,10)(H,11,12)/t5-,6-/m1/s1. The van der Waals surface area contributed by atoms with Gasteiger partial charge in [-0.05, 0) is 0 Å². The van der Waals surface area contributed by atoms with E-state index in [1.807, 2.05) is 0 Å². The van der Waals surface area contributed by atoms with Crippen LogP contribution in [0.1, 0.15) is 0 Å². The third-order valence-electron chi connectivity index (χ3n) is 1.86. The van der Waals surface area contributed by atoms with Crippen molar-refractivity contribution in [3.63, 3.8) is 0 Å². The van der Waals surface area contributed by atoms with Crippen molar-refractivity contribution in [2.24, 2.45) is 0 Å². The summed E-state index contributed by atoms with van der Waals surface area (Å²) >= 11 is 0. The Kier molecular flexibility index (Phi) is 5.83. The SMILES string of the molecule is COC([C@@H](OC)C(=O)O)[C@@H](OC)C(=O)O. The van der Waals surface area contributed by atoms with Gasteiger partial charge in [-0.15, -0.1) is 0 Å². The minimum atomic E-state index is -1.39. The van der Waals surface area contributed by atoms with Crippen molar-refractivity contribution in [2.45, 2.75) is 18.3 Å². The molecule has 0 unspecified atom stereocenters. The average molecular weight is 222 g/mol. The quantitative estimate of drug-likeness (QED) is 0.581. The summed E-state index contributed by atoms with van der Waals surface area (Å²) in [5.74, 6) is -2.62. The summed E-state index contributed by atoms with van der Waals surface area (Å²) in [6, 6.07) is 0. The Labute approximate surface area is 86.5 Å². The van der Waals surface area contributed by atoms with Gasteiger partial charge in [0, 0.05) is 21.3 Å². The molecule has 0 rings (SSSR count). The Morgan fingerprint density at radius 3 is 1.33 bits per heavy atom. The molecule has 0 spiro atoms. The fourth-order valence-electron chi connectivity index (χ4n) is 1.16. The molecule has 0 aromatic heterocycles. The fraction of sp³-hybridized carbons (Fsp3) is 0.750. The zero-order valence-electron chi connectivity index (χ0n) is 8.67. The second-order valence-electron chi connectivity index (χ2n) is 2.69. The van der Waals surface area contributed by atoms with Gasteiger partial charge in [0.25, 0.3) is 0 Å². The van der Waals surface area contributed by atoms with Crippen LogP contribution >= 0.6 is 0 Å². The Morgan fingerprint density at radius 1 is 0.867 bits per heavy atom. The van der Waals surface area contributed by atoms with Crippen molar-refractivity contribution in [2.75, 3.05) is 21.3 Å². The van der Waals surface area contributed by atoms with Gasteiger partial charge in [0.05, 0.1) is 0 Å². The molecule has 0 fully saturated rings. The number of hydrogen-bond acceptors (Lipinski definition) is 5. The van der Waals surface area contributed by atoms with E-state index in [9.17, 15) is 9.59 Å². The zero-order valence-corrected chi connectivity index (χ0v) is 8.67. The minimum Gasteiger partial charge on any atom is -0.479 e. The van der Waals surface area contributed by atoms with Gasteiger partial charge in [0.2, 0.25) is 0 Å². The number of rotatable bonds is 7. The average Bonchev–Trinajstić information content (AvgIpc) is 2.16. The number of carbonyl (C=O) groups is 2. The third-order valence-corrected chi connectivity index (χ3v) is 1.86. The largest absolute Gasteiger partial charge is 0.479 e. The van der Waals surface area contributed by atoms with Crippen LogP contribution in [0.5, 0.6) is 0 Å². The van der Waals surface area contributed by atoms with E-state index in [-0.39, 0.29) is 0 Å². The molecule has 0 saturated carbocycles. The maximum atomic E-state index is 10.7. The smallest absolute Gasteiger partial charge is 0.335 e. The lowest BCUT2D eigenvalue weighted by Gasteiger charge is -2.25. The maximum absolute atomic E-state index is 10.7. The Hall–Kier alpha value is -1.18. The van der Waals surface area contributed by atoms with Gasteiger partial charge in [-0.2, -0.15) is 0 Å². The van der Waals surface area contributed by atoms with Crippen LogP contribution in [-0.4, -0.2) is 61.8 Å². The topological polar surface area (TPSA) is 102 Å². The zero-order chi connectivity index (χ0) is 12.0. The van der Waals surface area contributed by atoms with Crippen molar-refractivity contribution in [1.82, 2.24) is 0 Å². The van der Waals surface area contributed by atoms with E-state index in [2.05, 4.69) is 9.47 Å². The molecule has 2 N–H and O–H groups in total. The molecule has 0 heterocycles. The summed E-state index contributed by atoms with van der Waals surface area (Å²) in [6.45, 7) is 0. The van der Waals surface area contributed by atoms with Crippen molar-refractivity contribution in [1.29, 1.82) is 0 Å². The molecule has 88 valence electrons. The lowest BCUT2D eigenvalue weighted by Crippen LogP contribution is -2.48. The molecule has 0 amide bonds. The van der Waals surface area contributed by atoms with Crippen molar-refractivity contribution in [3.05, 3.63) is 0 Å². The van der Waals surface area contributed by atoms with Crippen molar-refractivity contribution < 1.29 is 34.0 Å². The molecule has 0 aromatic carbocycles. The van der Waals surface area contributed by atoms with Gasteiger partial charge in [-0.3, -0.25) is 0 Å². The lowest BCUT2D eigenvalue weighted by atomic mass is 10.1. The van der Waals surface area contributed by atoms with Gasteiger partial charge < -0.3 is 24.4 Å². The van der Waals surface area contributed by atoms with E-state index in [4.69, 9.17) is 14.9 Å². The van der Waals surface area contributed by atoms with E-state index in [0.29, 0.717) is 0 Å². The van der Waals surface area contributed by atoms with Gasteiger partial charge >= 0.3 is 11.9 Å². The minimum absolute atomic E-state index is 1.15. The van der Waals surface area contributed by atoms with Crippen molar-refractivity contribution >= 4 is 11.9 Å². The molecule has 0 aliphatic carbocycles. The highest BCUT2D eigenvalue weighted by Gasteiger charge is 2.39. The summed E-state index contributed by atoms with van der Waals surface area (Å²) in [5, 5.41) is 17.5. The van der Waals surface area contributed by atoms with Gasteiger partial charge in [-0.25, -0.2) is 9.59 Å². The van der Waals surface area contributed by atoms with Crippen LogP contribution < -0.4 is 0 Å². The van der Waals surface area contributed by atoms with Crippen LogP contribution in [0.4, 0.5) is 0 Å². The number of aliphatic carboxylic acids is 2. The Bertz CT molecular complexity index is 205. The van der Waals surface area contributed by atoms with E-state index in [1.54, 1.807) is 0 Å². The highest BCUT2D eigenvalue weighted by atomic mass is 16.6. The van der Waals surface area contributed by atoms with Crippen LogP contribution in [0.3, 0.4) is 0 Å². The maximum Gasteiger partial charge on any atom is 0.335 e. The van der Waals surface area contributed by atoms with Gasteiger partial charge in [-0.1, -0.05) is 0 Å². The molecule has 2 atom stereocenters. The third kappa shape index (κ3) is 3.46. The fourth-order valence-corrected chi connectivity index (χ4v) is 1.16. The predicted octanol–water partition coefficient (Wildman–Crippen LogP) is -0.799. The number of hydrogen-bond donors (Lipinski definition) is 2. The number of ether oxygens (including phenoxy) is 3. The molecule has 15 heavy (non-hydrogen) atoms. The number of carboxylic acid groups (broad SMARTS) is 2. The molecule has 0 aromatic rings. The van der Waals surface area contributed by atoms with Crippen LogP contribution in [0.15, 0.2) is 0 Å². The summed E-state index contributed by atoms with van der Waals surface area (Å²) in [6.07, 6.45) is -4.00. The number of methoxy groups -OCH3 is 3. The molecule has 0 bridgehead atoms. The molecule has 0 radical (unpaired) electrons. The second kappa shape index (κ2) is 6.33. The molecule has 7 heteroatoms. The first kappa shape index (κ1) is 13.8. The first-order valence-electron chi connectivity index (χ1n) is 4.03. The van der Waals surface area contributed by atoms with Crippen LogP contribution in [0.25, 0.3) is 0 Å². The molecular formula is C8H14O7. The second-order valence-corrected chi connectivity index (χ2v) is 2.69. The normalized spacial score (nSPS) is 14.9. The monoisotopic (exact) mass is 222 g/mol. The highest BCUT2D eigenvalue weighted by molar-refractivity contribution is 5.78. The summed E-state index contributed by atoms with van der Waals surface area (Å²) < 4.78 is 14.0. The van der Waals surface area contributed by atoms with E-state index >= 15 is 0 Å². The van der Waals surface area contributed by atoms with Gasteiger partial charge in [0.1, 0.15) is 6.10 Å². The van der Waals surface area contributed by atoms with E-state index < -0.39 is 30.3 Å². The summed E-state index contributed by atoms with van der Waals surface area (Å²) in [5.41, 5.74) is 0. The first-order valence-corrected chi connectivity index (χ1v) is 4.03. The Balaban J connectivity index is 4.84. The molecule has 7 nitrogen and oxygen atoms in total. The summed E-state index contributed by atoms with van der Waals surface area (Å²) in [4.78, 5) is 21.4. The van der Waals surface area contributed by atoms with E-state index in [0.717, 1.165) is 14.2 Å².